The Bertz CT molecular complexity index is 853. The minimum absolute atomic E-state index is 0.0613. The number of phenols is 1. The topological polar surface area (TPSA) is 49.8 Å². The zero-order valence-electron chi connectivity index (χ0n) is 19.6. The first-order valence-electron chi connectivity index (χ1n) is 11.0. The lowest BCUT2D eigenvalue weighted by Crippen LogP contribution is -2.35. The molecule has 1 N–H and O–H groups in total. The van der Waals surface area contributed by atoms with Gasteiger partial charge in [0.05, 0.1) is 5.69 Å². The number of hydroxylamine groups is 1. The molecule has 164 valence electrons. The Kier molecular flexibility index (Phi) is 7.57. The van der Waals surface area contributed by atoms with E-state index in [1.807, 2.05) is 13.0 Å². The number of carbonyl (C=O) groups excluding carboxylic acids is 1. The number of amides is 1. The third-order valence-corrected chi connectivity index (χ3v) is 6.22. The quantitative estimate of drug-likeness (QED) is 0.457. The number of benzene rings is 2. The first-order chi connectivity index (χ1) is 14.1. The molecule has 0 spiro atoms. The smallest absolute Gasteiger partial charge is 0.259 e. The van der Waals surface area contributed by atoms with Gasteiger partial charge in [-0.25, -0.2) is 0 Å². The van der Waals surface area contributed by atoms with Gasteiger partial charge in [-0.2, -0.15) is 0 Å². The summed E-state index contributed by atoms with van der Waals surface area (Å²) >= 11 is 0. The molecule has 0 saturated heterocycles. The summed E-state index contributed by atoms with van der Waals surface area (Å²) in [6, 6.07) is 12.9. The van der Waals surface area contributed by atoms with Crippen molar-refractivity contribution in [3.8, 4) is 11.5 Å². The van der Waals surface area contributed by atoms with E-state index >= 15 is 0 Å². The van der Waals surface area contributed by atoms with E-state index < -0.39 is 0 Å². The van der Waals surface area contributed by atoms with Crippen molar-refractivity contribution in [2.75, 3.05) is 5.06 Å². The second-order valence-corrected chi connectivity index (χ2v) is 9.23. The lowest BCUT2D eigenvalue weighted by Gasteiger charge is -2.32. The van der Waals surface area contributed by atoms with Crippen LogP contribution in [0.15, 0.2) is 42.5 Å². The minimum atomic E-state index is -0.110. The van der Waals surface area contributed by atoms with Gasteiger partial charge in [0.1, 0.15) is 5.75 Å². The molecule has 0 aliphatic rings. The summed E-state index contributed by atoms with van der Waals surface area (Å²) in [5, 5.41) is 11.0. The van der Waals surface area contributed by atoms with Crippen LogP contribution in [0, 0.1) is 0 Å². The molecular weight excluding hydrogens is 374 g/mol. The van der Waals surface area contributed by atoms with Crippen molar-refractivity contribution >= 4 is 11.6 Å². The molecule has 4 nitrogen and oxygen atoms in total. The van der Waals surface area contributed by atoms with Crippen LogP contribution in [0.5, 0.6) is 11.5 Å². The summed E-state index contributed by atoms with van der Waals surface area (Å²) in [6.45, 7) is 15.2. The molecule has 2 aromatic carbocycles. The zero-order chi connectivity index (χ0) is 22.5. The summed E-state index contributed by atoms with van der Waals surface area (Å²) < 4.78 is 0. The molecule has 4 heteroatoms. The van der Waals surface area contributed by atoms with Gasteiger partial charge in [-0.05, 0) is 66.0 Å². The van der Waals surface area contributed by atoms with Crippen LogP contribution < -0.4 is 9.90 Å². The Morgan fingerprint density at radius 3 is 2.07 bits per heavy atom. The van der Waals surface area contributed by atoms with E-state index in [1.54, 1.807) is 24.3 Å². The van der Waals surface area contributed by atoms with Gasteiger partial charge >= 0.3 is 0 Å². The number of nitrogens with zero attached hydrogens (tertiary/aromatic N) is 1. The van der Waals surface area contributed by atoms with E-state index in [1.165, 1.54) is 10.6 Å². The highest BCUT2D eigenvalue weighted by Crippen LogP contribution is 2.39. The van der Waals surface area contributed by atoms with Crippen LogP contribution in [0.3, 0.4) is 0 Å². The van der Waals surface area contributed by atoms with Crippen molar-refractivity contribution in [2.24, 2.45) is 0 Å². The summed E-state index contributed by atoms with van der Waals surface area (Å²) in [5.74, 6) is 0.733. The monoisotopic (exact) mass is 411 g/mol. The molecule has 0 heterocycles. The highest BCUT2D eigenvalue weighted by molar-refractivity contribution is 5.91. The van der Waals surface area contributed by atoms with E-state index in [2.05, 4.69) is 53.7 Å². The summed E-state index contributed by atoms with van der Waals surface area (Å²) in [5.41, 5.74) is 2.92. The number of hydrogen-bond acceptors (Lipinski definition) is 3. The third kappa shape index (κ3) is 5.35. The Morgan fingerprint density at radius 1 is 0.933 bits per heavy atom. The van der Waals surface area contributed by atoms with Gasteiger partial charge in [-0.1, -0.05) is 60.6 Å². The SMILES string of the molecule is CCCC(=O)N(Oc1ccc(C(C)(C)CC)cc1C(C)(C)CC)c1ccc(O)cc1. The number of rotatable bonds is 9. The van der Waals surface area contributed by atoms with Crippen LogP contribution in [-0.4, -0.2) is 11.0 Å². The van der Waals surface area contributed by atoms with Crippen molar-refractivity contribution in [1.82, 2.24) is 0 Å². The van der Waals surface area contributed by atoms with E-state index in [0.29, 0.717) is 17.9 Å². The molecule has 1 amide bonds. The van der Waals surface area contributed by atoms with Gasteiger partial charge in [0.25, 0.3) is 5.91 Å². The molecule has 2 aromatic rings. The summed E-state index contributed by atoms with van der Waals surface area (Å²) in [4.78, 5) is 19.2. The molecule has 0 atom stereocenters. The normalized spacial score (nSPS) is 12.0. The van der Waals surface area contributed by atoms with Crippen molar-refractivity contribution in [1.29, 1.82) is 0 Å². The van der Waals surface area contributed by atoms with Crippen molar-refractivity contribution < 1.29 is 14.7 Å². The second kappa shape index (κ2) is 9.55. The Balaban J connectivity index is 2.55. The zero-order valence-corrected chi connectivity index (χ0v) is 19.6. The average Bonchev–Trinajstić information content (AvgIpc) is 2.72. The number of aromatic hydroxyl groups is 1. The van der Waals surface area contributed by atoms with Crippen LogP contribution in [0.2, 0.25) is 0 Å². The molecule has 2 rings (SSSR count). The number of carbonyl (C=O) groups is 1. The molecule has 30 heavy (non-hydrogen) atoms. The van der Waals surface area contributed by atoms with Gasteiger partial charge in [-0.3, -0.25) is 4.79 Å². The first-order valence-corrected chi connectivity index (χ1v) is 11.0. The lowest BCUT2D eigenvalue weighted by molar-refractivity contribution is -0.122. The predicted molar refractivity (Wildman–Crippen MR) is 124 cm³/mol. The molecule has 0 fully saturated rings. The first kappa shape index (κ1) is 23.8. The van der Waals surface area contributed by atoms with Crippen molar-refractivity contribution in [3.63, 3.8) is 0 Å². The average molecular weight is 412 g/mol. The fourth-order valence-electron chi connectivity index (χ4n) is 3.20. The van der Waals surface area contributed by atoms with Gasteiger partial charge in [-0.15, -0.1) is 5.06 Å². The van der Waals surface area contributed by atoms with Crippen LogP contribution in [-0.2, 0) is 15.6 Å². The highest BCUT2D eigenvalue weighted by atomic mass is 16.7. The summed E-state index contributed by atoms with van der Waals surface area (Å²) in [7, 11) is 0. The molecule has 0 unspecified atom stereocenters. The van der Waals surface area contributed by atoms with Gasteiger partial charge < -0.3 is 9.94 Å². The third-order valence-electron chi connectivity index (χ3n) is 6.22. The molecule has 0 bridgehead atoms. The Morgan fingerprint density at radius 2 is 1.53 bits per heavy atom. The van der Waals surface area contributed by atoms with Crippen molar-refractivity contribution in [2.45, 2.75) is 85.0 Å². The van der Waals surface area contributed by atoms with Crippen LogP contribution in [0.1, 0.15) is 85.3 Å². The largest absolute Gasteiger partial charge is 0.508 e. The molecule has 0 radical (unpaired) electrons. The van der Waals surface area contributed by atoms with Crippen molar-refractivity contribution in [3.05, 3.63) is 53.6 Å². The fourth-order valence-corrected chi connectivity index (χ4v) is 3.20. The van der Waals surface area contributed by atoms with E-state index in [9.17, 15) is 9.90 Å². The maximum Gasteiger partial charge on any atom is 0.259 e. The minimum Gasteiger partial charge on any atom is -0.508 e. The van der Waals surface area contributed by atoms with Gasteiger partial charge in [0.2, 0.25) is 0 Å². The van der Waals surface area contributed by atoms with Gasteiger partial charge in [0, 0.05) is 12.0 Å². The molecular formula is C26H37NO3. The number of anilines is 1. The van der Waals surface area contributed by atoms with Crippen LogP contribution in [0.25, 0.3) is 0 Å². The lowest BCUT2D eigenvalue weighted by atomic mass is 9.76. The van der Waals surface area contributed by atoms with E-state index in [-0.39, 0.29) is 22.5 Å². The summed E-state index contributed by atoms with van der Waals surface area (Å²) in [6.07, 6.45) is 3.09. The molecule has 0 aliphatic heterocycles. The van der Waals surface area contributed by atoms with Gasteiger partial charge in [0.15, 0.2) is 5.75 Å². The number of hydrogen-bond donors (Lipinski definition) is 1. The Labute approximate surface area is 181 Å². The predicted octanol–water partition coefficient (Wildman–Crippen LogP) is 6.89. The van der Waals surface area contributed by atoms with Crippen LogP contribution >= 0.6 is 0 Å². The molecule has 0 aliphatic carbocycles. The van der Waals surface area contributed by atoms with E-state index in [0.717, 1.165) is 24.8 Å². The maximum absolute atomic E-state index is 12.9. The van der Waals surface area contributed by atoms with Crippen LogP contribution in [0.4, 0.5) is 5.69 Å². The highest BCUT2D eigenvalue weighted by Gasteiger charge is 2.28. The maximum atomic E-state index is 12.9. The molecule has 0 aromatic heterocycles. The number of phenolic OH excluding ortho intramolecular Hbond substituents is 1. The standard InChI is InChI=1S/C26H37NO3/c1-8-11-24(29)27(20-13-15-21(28)16-14-20)30-23-17-12-19(25(4,5)9-2)18-22(23)26(6,7)10-3/h12-18,28H,8-11H2,1-7H3. The Hall–Kier alpha value is -2.49. The molecule has 0 saturated carbocycles. The fraction of sp³-hybridized carbons (Fsp3) is 0.500. The second-order valence-electron chi connectivity index (χ2n) is 9.23. The van der Waals surface area contributed by atoms with E-state index in [4.69, 9.17) is 4.84 Å².